The van der Waals surface area contributed by atoms with Crippen molar-refractivity contribution in [2.24, 2.45) is 0 Å². The summed E-state index contributed by atoms with van der Waals surface area (Å²) in [6.45, 7) is 0. The summed E-state index contributed by atoms with van der Waals surface area (Å²) in [5, 5.41) is 0. The van der Waals surface area contributed by atoms with Crippen LogP contribution >= 0.6 is 0 Å². The predicted molar refractivity (Wildman–Crippen MR) is 84.1 cm³/mol. The van der Waals surface area contributed by atoms with E-state index in [1.54, 1.807) is 36.4 Å². The van der Waals surface area contributed by atoms with Crippen LogP contribution < -0.4 is 0 Å². The van der Waals surface area contributed by atoms with E-state index in [-0.39, 0.29) is 5.82 Å². The van der Waals surface area contributed by atoms with E-state index < -0.39 is 23.0 Å². The molecule has 0 amide bonds. The highest BCUT2D eigenvalue weighted by Crippen LogP contribution is 2.32. The Kier molecular flexibility index (Phi) is 4.33. The van der Waals surface area contributed by atoms with Crippen LogP contribution in [0.2, 0.25) is 0 Å². The van der Waals surface area contributed by atoms with Gasteiger partial charge < -0.3 is 4.55 Å². The maximum absolute atomic E-state index is 13.1. The molecule has 0 saturated carbocycles. The molecule has 0 saturated heterocycles. The summed E-state index contributed by atoms with van der Waals surface area (Å²) < 4.78 is 52.0. The van der Waals surface area contributed by atoms with Gasteiger partial charge in [0.2, 0.25) is 0 Å². The molecule has 24 heavy (non-hydrogen) atoms. The van der Waals surface area contributed by atoms with Crippen molar-refractivity contribution in [1.29, 1.82) is 0 Å². The van der Waals surface area contributed by atoms with Crippen molar-refractivity contribution in [3.05, 3.63) is 60.7 Å². The van der Waals surface area contributed by atoms with Crippen molar-refractivity contribution >= 4 is 11.2 Å². The fourth-order valence-corrected chi connectivity index (χ4v) is 2.73. The van der Waals surface area contributed by atoms with E-state index in [0.29, 0.717) is 16.1 Å². The molecule has 1 unspecified atom stereocenters. The van der Waals surface area contributed by atoms with E-state index in [4.69, 9.17) is 0 Å². The van der Waals surface area contributed by atoms with Gasteiger partial charge in [-0.05, 0) is 47.6 Å². The number of alkyl halides is 3. The van der Waals surface area contributed by atoms with Crippen LogP contribution in [0.25, 0.3) is 17.1 Å². The van der Waals surface area contributed by atoms with Crippen LogP contribution in [0.15, 0.2) is 59.9 Å². The predicted octanol–water partition coefficient (Wildman–Crippen LogP) is 3.69. The van der Waals surface area contributed by atoms with Gasteiger partial charge in [-0.25, -0.2) is 4.98 Å². The molecule has 3 rings (SSSR count). The molecule has 1 atom stereocenters. The second-order valence-electron chi connectivity index (χ2n) is 5.01. The number of imidazole rings is 1. The number of aromatic nitrogens is 3. The van der Waals surface area contributed by atoms with Gasteiger partial charge in [0.15, 0.2) is 10.6 Å². The smallest absolute Gasteiger partial charge is 0.434 e. The Morgan fingerprint density at radius 3 is 2.38 bits per heavy atom. The normalized spacial score (nSPS) is 13.0. The lowest BCUT2D eigenvalue weighted by Gasteiger charge is -2.09. The van der Waals surface area contributed by atoms with Crippen molar-refractivity contribution in [3.8, 4) is 17.1 Å². The fraction of sp³-hybridized carbons (Fsp3) is 0.125. The van der Waals surface area contributed by atoms with Crippen molar-refractivity contribution in [1.82, 2.24) is 14.5 Å². The summed E-state index contributed by atoms with van der Waals surface area (Å²) in [6, 6.07) is 9.72. The minimum atomic E-state index is -4.55. The lowest BCUT2D eigenvalue weighted by atomic mass is 10.2. The molecule has 0 spiro atoms. The van der Waals surface area contributed by atoms with Gasteiger partial charge >= 0.3 is 6.18 Å². The number of nitrogens with zero attached hydrogens (tertiary/aromatic N) is 3. The third-order valence-electron chi connectivity index (χ3n) is 3.36. The molecular weight excluding hydrogens is 339 g/mol. The fourth-order valence-electron chi connectivity index (χ4n) is 2.21. The van der Waals surface area contributed by atoms with Crippen molar-refractivity contribution in [2.45, 2.75) is 11.1 Å². The molecule has 2 aromatic heterocycles. The first-order valence-electron chi connectivity index (χ1n) is 6.87. The summed E-state index contributed by atoms with van der Waals surface area (Å²) in [4.78, 5) is 8.25. The Labute approximate surface area is 139 Å². The second kappa shape index (κ2) is 6.29. The van der Waals surface area contributed by atoms with Crippen LogP contribution in [0.4, 0.5) is 13.2 Å². The van der Waals surface area contributed by atoms with Gasteiger partial charge in [0, 0.05) is 29.8 Å². The third kappa shape index (κ3) is 3.29. The zero-order valence-electron chi connectivity index (χ0n) is 12.5. The molecule has 8 heteroatoms. The summed E-state index contributed by atoms with van der Waals surface area (Å²) in [6.07, 6.45) is 0.920. The highest BCUT2D eigenvalue weighted by molar-refractivity contribution is 7.90. The lowest BCUT2D eigenvalue weighted by molar-refractivity contribution is -0.140. The van der Waals surface area contributed by atoms with Gasteiger partial charge in [0.05, 0.1) is 0 Å². The topological polar surface area (TPSA) is 53.8 Å². The molecule has 2 heterocycles. The molecule has 124 valence electrons. The van der Waals surface area contributed by atoms with Gasteiger partial charge in [0.1, 0.15) is 12.1 Å². The van der Waals surface area contributed by atoms with Gasteiger partial charge in [0.25, 0.3) is 0 Å². The van der Waals surface area contributed by atoms with Crippen molar-refractivity contribution in [2.75, 3.05) is 6.26 Å². The number of hydrogen-bond acceptors (Lipinski definition) is 3. The molecule has 1 aromatic carbocycles. The Morgan fingerprint density at radius 2 is 1.83 bits per heavy atom. The van der Waals surface area contributed by atoms with Crippen LogP contribution in [0, 0.1) is 0 Å². The molecule has 0 bridgehead atoms. The summed E-state index contributed by atoms with van der Waals surface area (Å²) in [5.74, 6) is 0.140. The Balaban J connectivity index is 2.13. The van der Waals surface area contributed by atoms with E-state index in [1.165, 1.54) is 23.2 Å². The van der Waals surface area contributed by atoms with Crippen molar-refractivity contribution in [3.63, 3.8) is 0 Å². The lowest BCUT2D eigenvalue weighted by Crippen LogP contribution is -2.05. The average molecular weight is 351 g/mol. The van der Waals surface area contributed by atoms with E-state index in [0.717, 1.165) is 6.20 Å². The van der Waals surface area contributed by atoms with E-state index in [2.05, 4.69) is 9.97 Å². The van der Waals surface area contributed by atoms with Crippen LogP contribution in [0.5, 0.6) is 0 Å². The zero-order valence-corrected chi connectivity index (χ0v) is 13.3. The van der Waals surface area contributed by atoms with Crippen molar-refractivity contribution < 1.29 is 17.7 Å². The third-order valence-corrected chi connectivity index (χ3v) is 4.30. The molecule has 0 aliphatic heterocycles. The number of halogens is 3. The van der Waals surface area contributed by atoms with Gasteiger partial charge in [-0.15, -0.1) is 0 Å². The van der Waals surface area contributed by atoms with Crippen LogP contribution in [0.3, 0.4) is 0 Å². The zero-order chi connectivity index (χ0) is 17.3. The minimum Gasteiger partial charge on any atom is -0.612 e. The first-order chi connectivity index (χ1) is 11.4. The van der Waals surface area contributed by atoms with Crippen LogP contribution in [-0.2, 0) is 17.4 Å². The largest absolute Gasteiger partial charge is 0.612 e. The number of pyridine rings is 1. The van der Waals surface area contributed by atoms with Crippen LogP contribution in [0.1, 0.15) is 5.69 Å². The number of benzene rings is 1. The maximum Gasteiger partial charge on any atom is 0.434 e. The second-order valence-corrected chi connectivity index (χ2v) is 6.39. The number of rotatable bonds is 3. The van der Waals surface area contributed by atoms with E-state index in [1.807, 2.05) is 0 Å². The standard InChI is InChI=1S/C16H12F3N3OS/c1-24(23)13-6-4-12(5-7-13)22-10-14(16(17,18)19)21-15(22)11-3-2-8-20-9-11/h2-10H,1H3. The molecule has 0 fully saturated rings. The molecule has 0 aliphatic carbocycles. The molecule has 0 aliphatic rings. The molecule has 4 nitrogen and oxygen atoms in total. The van der Waals surface area contributed by atoms with Gasteiger partial charge in [-0.2, -0.15) is 13.2 Å². The highest BCUT2D eigenvalue weighted by atomic mass is 32.2. The Bertz CT molecular complexity index is 830. The number of hydrogen-bond donors (Lipinski definition) is 0. The summed E-state index contributed by atoms with van der Waals surface area (Å²) in [5.41, 5.74) is -0.0216. The van der Waals surface area contributed by atoms with E-state index >= 15 is 0 Å². The Morgan fingerprint density at radius 1 is 1.12 bits per heavy atom. The molecule has 3 aromatic rings. The maximum atomic E-state index is 13.1. The molecule has 0 N–H and O–H groups in total. The average Bonchev–Trinajstić information content (AvgIpc) is 3.01. The Hall–Kier alpha value is -2.32. The summed E-state index contributed by atoms with van der Waals surface area (Å²) in [7, 11) is 0. The SMILES string of the molecule is C[S+]([O-])c1ccc(-n2cc(C(F)(F)F)nc2-c2cccnc2)cc1. The van der Waals surface area contributed by atoms with Gasteiger partial charge in [-0.1, -0.05) is 0 Å². The van der Waals surface area contributed by atoms with Crippen LogP contribution in [-0.4, -0.2) is 25.3 Å². The monoisotopic (exact) mass is 351 g/mol. The first-order valence-corrected chi connectivity index (χ1v) is 8.43. The quantitative estimate of drug-likeness (QED) is 0.676. The first kappa shape index (κ1) is 16.5. The molecule has 0 radical (unpaired) electrons. The van der Waals surface area contributed by atoms with E-state index in [9.17, 15) is 17.7 Å². The minimum absolute atomic E-state index is 0.140. The van der Waals surface area contributed by atoms with Gasteiger partial charge in [-0.3, -0.25) is 9.55 Å². The highest BCUT2D eigenvalue weighted by Gasteiger charge is 2.35. The summed E-state index contributed by atoms with van der Waals surface area (Å²) >= 11 is -1.16. The molecular formula is C16H12F3N3OS.